The maximum absolute atomic E-state index is 11.4. The first-order valence-corrected chi connectivity index (χ1v) is 5.74. The monoisotopic (exact) mass is 315 g/mol. The summed E-state index contributed by atoms with van der Waals surface area (Å²) in [6.45, 7) is 2.97. The maximum atomic E-state index is 11.4. The summed E-state index contributed by atoms with van der Waals surface area (Å²) in [7, 11) is 3.01. The average Bonchev–Trinajstić information content (AvgIpc) is 2.30. The first kappa shape index (κ1) is 14.5. The smallest absolute Gasteiger partial charge is 0.317 e. The molecule has 0 heterocycles. The van der Waals surface area contributed by atoms with Gasteiger partial charge in [-0.3, -0.25) is 9.59 Å². The number of hydrogen-bond donors (Lipinski definition) is 0. The fourth-order valence-corrected chi connectivity index (χ4v) is 1.81. The molecule has 97 valence electrons. The van der Waals surface area contributed by atoms with Crippen LogP contribution in [0.2, 0.25) is 0 Å². The van der Waals surface area contributed by atoms with Crippen LogP contribution in [0.5, 0.6) is 11.5 Å². The lowest BCUT2D eigenvalue weighted by atomic mass is 10.1. The summed E-state index contributed by atoms with van der Waals surface area (Å²) in [5.41, 5.74) is 0.624. The minimum absolute atomic E-state index is 0.0673. The molecule has 0 amide bonds. The molecule has 0 fully saturated rings. The van der Waals surface area contributed by atoms with E-state index < -0.39 is 11.9 Å². The molecule has 5 nitrogen and oxygen atoms in total. The lowest BCUT2D eigenvalue weighted by Crippen LogP contribution is -2.12. The van der Waals surface area contributed by atoms with Crippen LogP contribution >= 0.6 is 15.9 Å². The Morgan fingerprint density at radius 3 is 2.28 bits per heavy atom. The first-order chi connectivity index (χ1) is 8.47. The number of carbonyl (C=O) groups is 2. The third-order valence-corrected chi connectivity index (χ3v) is 2.85. The van der Waals surface area contributed by atoms with Gasteiger partial charge in [-0.15, -0.1) is 0 Å². The Bertz CT molecular complexity index is 470. The molecule has 0 N–H and O–H groups in total. The van der Waals surface area contributed by atoms with Gasteiger partial charge >= 0.3 is 11.9 Å². The molecule has 0 aliphatic rings. The van der Waals surface area contributed by atoms with Crippen molar-refractivity contribution in [2.24, 2.45) is 0 Å². The lowest BCUT2D eigenvalue weighted by molar-refractivity contribution is -0.155. The van der Waals surface area contributed by atoms with Gasteiger partial charge in [0.25, 0.3) is 0 Å². The van der Waals surface area contributed by atoms with Gasteiger partial charge < -0.3 is 14.2 Å². The molecule has 0 unspecified atom stereocenters. The minimum Gasteiger partial charge on any atom is -0.493 e. The molecule has 1 aromatic rings. The molecule has 1 rings (SSSR count). The molecule has 18 heavy (non-hydrogen) atoms. The summed E-state index contributed by atoms with van der Waals surface area (Å²) in [4.78, 5) is 21.9. The van der Waals surface area contributed by atoms with E-state index in [9.17, 15) is 9.59 Å². The maximum Gasteiger partial charge on any atom is 0.317 e. The molecular formula is C12H12BrO5. The topological polar surface area (TPSA) is 61.8 Å². The van der Waals surface area contributed by atoms with Crippen molar-refractivity contribution in [3.63, 3.8) is 0 Å². The normalized spacial score (nSPS) is 9.78. The SMILES string of the molecule is [CH2]C(=O)OC(=O)Cc1cc(OC)c(OC)cc1Br. The molecule has 0 atom stereocenters. The van der Waals surface area contributed by atoms with Crippen molar-refractivity contribution in [2.75, 3.05) is 14.2 Å². The predicted molar refractivity (Wildman–Crippen MR) is 67.4 cm³/mol. The highest BCUT2D eigenvalue weighted by Gasteiger charge is 2.14. The van der Waals surface area contributed by atoms with E-state index in [1.165, 1.54) is 14.2 Å². The highest BCUT2D eigenvalue weighted by molar-refractivity contribution is 9.10. The zero-order valence-electron chi connectivity index (χ0n) is 9.99. The van der Waals surface area contributed by atoms with Crippen LogP contribution < -0.4 is 9.47 Å². The minimum atomic E-state index is -0.878. The van der Waals surface area contributed by atoms with Gasteiger partial charge in [0.05, 0.1) is 27.6 Å². The molecule has 0 aliphatic heterocycles. The fraction of sp³-hybridized carbons (Fsp3) is 0.250. The summed E-state index contributed by atoms with van der Waals surface area (Å²) in [5, 5.41) is 0. The van der Waals surface area contributed by atoms with Crippen LogP contribution in [-0.4, -0.2) is 26.2 Å². The third-order valence-electron chi connectivity index (χ3n) is 2.12. The molecule has 1 radical (unpaired) electrons. The highest BCUT2D eigenvalue weighted by Crippen LogP contribution is 2.33. The van der Waals surface area contributed by atoms with E-state index in [1.54, 1.807) is 12.1 Å². The lowest BCUT2D eigenvalue weighted by Gasteiger charge is -2.11. The van der Waals surface area contributed by atoms with Crippen LogP contribution in [0, 0.1) is 6.92 Å². The molecule has 0 bridgehead atoms. The number of hydrogen-bond acceptors (Lipinski definition) is 5. The van der Waals surface area contributed by atoms with Crippen LogP contribution in [0.3, 0.4) is 0 Å². The number of ether oxygens (including phenoxy) is 3. The predicted octanol–water partition coefficient (Wildman–Crippen LogP) is 1.91. The van der Waals surface area contributed by atoms with E-state index in [0.717, 1.165) is 0 Å². The molecule has 0 saturated heterocycles. The van der Waals surface area contributed by atoms with E-state index in [-0.39, 0.29) is 6.42 Å². The second-order valence-corrected chi connectivity index (χ2v) is 4.18. The zero-order chi connectivity index (χ0) is 13.7. The van der Waals surface area contributed by atoms with Crippen LogP contribution in [0.1, 0.15) is 5.56 Å². The van der Waals surface area contributed by atoms with E-state index in [1.807, 2.05) is 0 Å². The quantitative estimate of drug-likeness (QED) is 0.627. The Morgan fingerprint density at radius 2 is 1.78 bits per heavy atom. The van der Waals surface area contributed by atoms with Crippen molar-refractivity contribution in [2.45, 2.75) is 6.42 Å². The molecule has 0 spiro atoms. The highest BCUT2D eigenvalue weighted by atomic mass is 79.9. The van der Waals surface area contributed by atoms with Crippen molar-refractivity contribution in [3.05, 3.63) is 29.1 Å². The Balaban J connectivity index is 2.95. The number of methoxy groups -OCH3 is 2. The van der Waals surface area contributed by atoms with Crippen molar-refractivity contribution < 1.29 is 23.8 Å². The summed E-state index contributed by atoms with van der Waals surface area (Å²) in [6.07, 6.45) is -0.0673. The van der Waals surface area contributed by atoms with E-state index in [2.05, 4.69) is 27.6 Å². The molecule has 6 heteroatoms. The first-order valence-electron chi connectivity index (χ1n) is 4.95. The Morgan fingerprint density at radius 1 is 1.22 bits per heavy atom. The number of benzene rings is 1. The van der Waals surface area contributed by atoms with Gasteiger partial charge in [0.1, 0.15) is 0 Å². The Hall–Kier alpha value is -1.56. The summed E-state index contributed by atoms with van der Waals surface area (Å²) >= 11 is 3.30. The van der Waals surface area contributed by atoms with E-state index in [0.29, 0.717) is 21.5 Å². The molecule has 1 aromatic carbocycles. The van der Waals surface area contributed by atoms with Crippen LogP contribution in [-0.2, 0) is 20.7 Å². The molecule has 0 aliphatic carbocycles. The third kappa shape index (κ3) is 3.73. The van der Waals surface area contributed by atoms with Crippen LogP contribution in [0.25, 0.3) is 0 Å². The van der Waals surface area contributed by atoms with Gasteiger partial charge in [-0.05, 0) is 17.7 Å². The van der Waals surface area contributed by atoms with Crippen molar-refractivity contribution in [1.29, 1.82) is 0 Å². The van der Waals surface area contributed by atoms with Gasteiger partial charge in [0.15, 0.2) is 11.5 Å². The Labute approximate surface area is 113 Å². The summed E-state index contributed by atoms with van der Waals surface area (Å²) in [5.74, 6) is -0.529. The number of carbonyl (C=O) groups excluding carboxylic acids is 2. The van der Waals surface area contributed by atoms with E-state index >= 15 is 0 Å². The summed E-state index contributed by atoms with van der Waals surface area (Å²) < 4.78 is 15.2. The number of esters is 2. The van der Waals surface area contributed by atoms with Gasteiger partial charge in [-0.1, -0.05) is 15.9 Å². The van der Waals surface area contributed by atoms with Crippen LogP contribution in [0.15, 0.2) is 16.6 Å². The number of halogens is 1. The number of rotatable bonds is 4. The standard InChI is InChI=1S/C12H12BrO5/c1-7(14)18-12(15)5-8-4-10(16-2)11(17-3)6-9(8)13/h4,6H,1,5H2,2-3H3. The molecule has 0 aromatic heterocycles. The molecular weight excluding hydrogens is 304 g/mol. The summed E-state index contributed by atoms with van der Waals surface area (Å²) in [6, 6.07) is 3.31. The average molecular weight is 316 g/mol. The van der Waals surface area contributed by atoms with Gasteiger partial charge in [0.2, 0.25) is 0 Å². The van der Waals surface area contributed by atoms with Crippen molar-refractivity contribution in [3.8, 4) is 11.5 Å². The fourth-order valence-electron chi connectivity index (χ4n) is 1.35. The van der Waals surface area contributed by atoms with Gasteiger partial charge in [0, 0.05) is 4.47 Å². The second kappa shape index (κ2) is 6.39. The van der Waals surface area contributed by atoms with Gasteiger partial charge in [-0.25, -0.2) is 0 Å². The molecule has 0 saturated carbocycles. The largest absolute Gasteiger partial charge is 0.493 e. The van der Waals surface area contributed by atoms with E-state index in [4.69, 9.17) is 9.47 Å². The zero-order valence-corrected chi connectivity index (χ0v) is 11.6. The van der Waals surface area contributed by atoms with Crippen molar-refractivity contribution >= 4 is 27.9 Å². The second-order valence-electron chi connectivity index (χ2n) is 3.32. The van der Waals surface area contributed by atoms with Gasteiger partial charge in [-0.2, -0.15) is 0 Å². The Kier molecular flexibility index (Phi) is 5.15. The van der Waals surface area contributed by atoms with Crippen molar-refractivity contribution in [1.82, 2.24) is 0 Å². The van der Waals surface area contributed by atoms with Crippen LogP contribution in [0.4, 0.5) is 0 Å².